The van der Waals surface area contributed by atoms with Gasteiger partial charge in [0.1, 0.15) is 0 Å². The van der Waals surface area contributed by atoms with Crippen LogP contribution in [0.5, 0.6) is 0 Å². The maximum absolute atomic E-state index is 2.54. The van der Waals surface area contributed by atoms with Crippen molar-refractivity contribution in [1.29, 1.82) is 0 Å². The monoisotopic (exact) mass is 180 g/mol. The molecule has 1 atom stereocenters. The number of hydrogen-bond donors (Lipinski definition) is 0. The zero-order valence-electron chi connectivity index (χ0n) is 9.47. The van der Waals surface area contributed by atoms with E-state index in [1.807, 2.05) is 0 Å². The van der Waals surface area contributed by atoms with E-state index in [4.69, 9.17) is 0 Å². The number of hydrogen-bond acceptors (Lipinski definition) is 0. The Bertz CT molecular complexity index is 161. The van der Waals surface area contributed by atoms with Gasteiger partial charge in [0.25, 0.3) is 0 Å². The Morgan fingerprint density at radius 3 is 2.31 bits per heavy atom. The molecule has 1 aliphatic carbocycles. The first kappa shape index (κ1) is 10.8. The van der Waals surface area contributed by atoms with E-state index in [0.717, 1.165) is 11.8 Å². The molecule has 0 N–H and O–H groups in total. The van der Waals surface area contributed by atoms with E-state index < -0.39 is 0 Å². The molecule has 0 aromatic carbocycles. The SMILES string of the molecule is CCCC(CCC)C1C=C(C)CC1. The standard InChI is InChI=1S/C13H24/c1-4-6-12(7-5-2)13-9-8-11(3)10-13/h10,12-13H,4-9H2,1-3H3. The van der Waals surface area contributed by atoms with Gasteiger partial charge in [0.2, 0.25) is 0 Å². The Balaban J connectivity index is 2.44. The summed E-state index contributed by atoms with van der Waals surface area (Å²) in [4.78, 5) is 0. The molecule has 0 nitrogen and oxygen atoms in total. The first-order chi connectivity index (χ1) is 6.27. The third-order valence-electron chi connectivity index (χ3n) is 3.30. The molecule has 0 aliphatic heterocycles. The molecule has 0 saturated carbocycles. The van der Waals surface area contributed by atoms with E-state index in [1.54, 1.807) is 5.57 Å². The molecule has 0 radical (unpaired) electrons. The zero-order valence-corrected chi connectivity index (χ0v) is 9.47. The molecule has 76 valence electrons. The Labute approximate surface area is 83.4 Å². The van der Waals surface area contributed by atoms with E-state index in [9.17, 15) is 0 Å². The summed E-state index contributed by atoms with van der Waals surface area (Å²) in [6, 6.07) is 0. The van der Waals surface area contributed by atoms with Crippen molar-refractivity contribution in [1.82, 2.24) is 0 Å². The van der Waals surface area contributed by atoms with Crippen molar-refractivity contribution in [2.24, 2.45) is 11.8 Å². The third kappa shape index (κ3) is 3.17. The van der Waals surface area contributed by atoms with Crippen molar-refractivity contribution in [3.63, 3.8) is 0 Å². The predicted octanol–water partition coefficient (Wildman–Crippen LogP) is 4.56. The molecule has 0 fully saturated rings. The highest BCUT2D eigenvalue weighted by Gasteiger charge is 2.21. The zero-order chi connectivity index (χ0) is 9.68. The summed E-state index contributed by atoms with van der Waals surface area (Å²) >= 11 is 0. The Hall–Kier alpha value is -0.260. The third-order valence-corrected chi connectivity index (χ3v) is 3.30. The molecule has 0 bridgehead atoms. The lowest BCUT2D eigenvalue weighted by molar-refractivity contribution is 0.336. The fourth-order valence-electron chi connectivity index (χ4n) is 2.61. The van der Waals surface area contributed by atoms with Crippen LogP contribution in [0.1, 0.15) is 59.3 Å². The van der Waals surface area contributed by atoms with Gasteiger partial charge in [0.15, 0.2) is 0 Å². The van der Waals surface area contributed by atoms with Crippen LogP contribution in [-0.2, 0) is 0 Å². The van der Waals surface area contributed by atoms with E-state index in [2.05, 4.69) is 26.8 Å². The van der Waals surface area contributed by atoms with Crippen LogP contribution in [0.4, 0.5) is 0 Å². The lowest BCUT2D eigenvalue weighted by Gasteiger charge is -2.20. The van der Waals surface area contributed by atoms with Crippen LogP contribution in [0, 0.1) is 11.8 Å². The summed E-state index contributed by atoms with van der Waals surface area (Å²) in [7, 11) is 0. The minimum atomic E-state index is 0.917. The summed E-state index contributed by atoms with van der Waals surface area (Å²) < 4.78 is 0. The molecule has 0 saturated heterocycles. The molecule has 13 heavy (non-hydrogen) atoms. The topological polar surface area (TPSA) is 0 Å². The van der Waals surface area contributed by atoms with Gasteiger partial charge < -0.3 is 0 Å². The summed E-state index contributed by atoms with van der Waals surface area (Å²) in [5, 5.41) is 0. The second kappa shape index (κ2) is 5.47. The molecule has 1 unspecified atom stereocenters. The van der Waals surface area contributed by atoms with Crippen LogP contribution >= 0.6 is 0 Å². The molecule has 0 aromatic rings. The van der Waals surface area contributed by atoms with E-state index in [0.29, 0.717) is 0 Å². The van der Waals surface area contributed by atoms with Crippen molar-refractivity contribution < 1.29 is 0 Å². The first-order valence-electron chi connectivity index (χ1n) is 5.95. The van der Waals surface area contributed by atoms with Gasteiger partial charge in [0.05, 0.1) is 0 Å². The summed E-state index contributed by atoms with van der Waals surface area (Å²) in [5.74, 6) is 1.90. The van der Waals surface area contributed by atoms with Crippen molar-refractivity contribution in [2.75, 3.05) is 0 Å². The highest BCUT2D eigenvalue weighted by Crippen LogP contribution is 2.34. The Morgan fingerprint density at radius 2 is 1.92 bits per heavy atom. The Morgan fingerprint density at radius 1 is 1.31 bits per heavy atom. The van der Waals surface area contributed by atoms with Crippen LogP contribution in [0.25, 0.3) is 0 Å². The summed E-state index contributed by atoms with van der Waals surface area (Å²) in [6.45, 7) is 6.91. The fraction of sp³-hybridized carbons (Fsp3) is 0.846. The normalized spacial score (nSPS) is 22.5. The molecule has 1 aliphatic rings. The van der Waals surface area contributed by atoms with Crippen LogP contribution < -0.4 is 0 Å². The van der Waals surface area contributed by atoms with Crippen molar-refractivity contribution >= 4 is 0 Å². The average Bonchev–Trinajstić information content (AvgIpc) is 2.51. The fourth-order valence-corrected chi connectivity index (χ4v) is 2.61. The van der Waals surface area contributed by atoms with Gasteiger partial charge in [-0.1, -0.05) is 51.2 Å². The molecular formula is C13H24. The van der Waals surface area contributed by atoms with Gasteiger partial charge >= 0.3 is 0 Å². The summed E-state index contributed by atoms with van der Waals surface area (Å²) in [5.41, 5.74) is 1.63. The lowest BCUT2D eigenvalue weighted by Crippen LogP contribution is -2.10. The molecular weight excluding hydrogens is 156 g/mol. The van der Waals surface area contributed by atoms with E-state index in [-0.39, 0.29) is 0 Å². The van der Waals surface area contributed by atoms with Gasteiger partial charge in [-0.25, -0.2) is 0 Å². The molecule has 0 aromatic heterocycles. The number of allylic oxidation sites excluding steroid dienone is 2. The quantitative estimate of drug-likeness (QED) is 0.544. The van der Waals surface area contributed by atoms with Gasteiger partial charge in [-0.2, -0.15) is 0 Å². The largest absolute Gasteiger partial charge is 0.0822 e. The molecule has 0 amide bonds. The van der Waals surface area contributed by atoms with Gasteiger partial charge in [-0.05, 0) is 31.6 Å². The molecule has 0 heteroatoms. The van der Waals surface area contributed by atoms with Gasteiger partial charge in [0, 0.05) is 0 Å². The molecule has 1 rings (SSSR count). The molecule has 0 spiro atoms. The minimum Gasteiger partial charge on any atom is -0.0822 e. The van der Waals surface area contributed by atoms with Crippen molar-refractivity contribution in [2.45, 2.75) is 59.3 Å². The van der Waals surface area contributed by atoms with E-state index >= 15 is 0 Å². The van der Waals surface area contributed by atoms with Crippen LogP contribution in [0.15, 0.2) is 11.6 Å². The molecule has 0 heterocycles. The highest BCUT2D eigenvalue weighted by atomic mass is 14.3. The van der Waals surface area contributed by atoms with Gasteiger partial charge in [-0.15, -0.1) is 0 Å². The lowest BCUT2D eigenvalue weighted by atomic mass is 9.85. The summed E-state index contributed by atoms with van der Waals surface area (Å²) in [6.07, 6.45) is 10.9. The Kier molecular flexibility index (Phi) is 4.55. The average molecular weight is 180 g/mol. The smallest absolute Gasteiger partial charge is 0.0200 e. The van der Waals surface area contributed by atoms with Crippen LogP contribution in [-0.4, -0.2) is 0 Å². The maximum atomic E-state index is 2.54. The van der Waals surface area contributed by atoms with Crippen LogP contribution in [0.3, 0.4) is 0 Å². The number of rotatable bonds is 5. The van der Waals surface area contributed by atoms with Crippen LogP contribution in [0.2, 0.25) is 0 Å². The van der Waals surface area contributed by atoms with Crippen molar-refractivity contribution in [3.8, 4) is 0 Å². The predicted molar refractivity (Wildman–Crippen MR) is 59.8 cm³/mol. The second-order valence-electron chi connectivity index (χ2n) is 4.55. The highest BCUT2D eigenvalue weighted by molar-refractivity contribution is 5.09. The minimum absolute atomic E-state index is 0.917. The van der Waals surface area contributed by atoms with E-state index in [1.165, 1.54) is 38.5 Å². The van der Waals surface area contributed by atoms with Gasteiger partial charge in [-0.3, -0.25) is 0 Å². The van der Waals surface area contributed by atoms with Crippen molar-refractivity contribution in [3.05, 3.63) is 11.6 Å². The maximum Gasteiger partial charge on any atom is -0.0200 e. The first-order valence-corrected chi connectivity index (χ1v) is 5.95. The second-order valence-corrected chi connectivity index (χ2v) is 4.55.